The smallest absolute Gasteiger partial charge is 0.214 e. The summed E-state index contributed by atoms with van der Waals surface area (Å²) in [4.78, 5) is 4.11. The van der Waals surface area contributed by atoms with Crippen LogP contribution < -0.4 is 4.74 Å². The summed E-state index contributed by atoms with van der Waals surface area (Å²) < 4.78 is 11.4. The highest BCUT2D eigenvalue weighted by Gasteiger charge is 2.26. The number of rotatable bonds is 2. The summed E-state index contributed by atoms with van der Waals surface area (Å²) in [6.07, 6.45) is 2.27. The molecule has 4 nitrogen and oxygen atoms in total. The van der Waals surface area contributed by atoms with Crippen molar-refractivity contribution in [1.29, 1.82) is 5.26 Å². The molecule has 0 amide bonds. The van der Waals surface area contributed by atoms with Crippen molar-refractivity contribution < 1.29 is 9.47 Å². The molecule has 2 atom stereocenters. The van der Waals surface area contributed by atoms with Gasteiger partial charge in [0.25, 0.3) is 0 Å². The molecule has 17 heavy (non-hydrogen) atoms. The van der Waals surface area contributed by atoms with Crippen LogP contribution in [-0.4, -0.2) is 23.3 Å². The Labute approximate surface area is 101 Å². The standard InChI is InChI=1S/C13H16N2O2/c1-9-6-12(7-10(2)16-9)17-13-5-3-4-11(8-14)15-13/h3-5,9-10,12H,6-7H2,1-2H3. The van der Waals surface area contributed by atoms with E-state index in [0.29, 0.717) is 11.6 Å². The van der Waals surface area contributed by atoms with Crippen LogP contribution in [0, 0.1) is 11.3 Å². The van der Waals surface area contributed by atoms with E-state index in [0.717, 1.165) is 12.8 Å². The molecule has 2 unspecified atom stereocenters. The number of nitriles is 1. The quantitative estimate of drug-likeness (QED) is 0.785. The van der Waals surface area contributed by atoms with Crippen LogP contribution in [0.25, 0.3) is 0 Å². The van der Waals surface area contributed by atoms with Gasteiger partial charge in [-0.05, 0) is 19.9 Å². The first kappa shape index (κ1) is 11.9. The lowest BCUT2D eigenvalue weighted by Gasteiger charge is -2.31. The van der Waals surface area contributed by atoms with Crippen LogP contribution in [0.1, 0.15) is 32.4 Å². The molecule has 1 saturated heterocycles. The summed E-state index contributed by atoms with van der Waals surface area (Å²) in [5.41, 5.74) is 0.385. The molecule has 0 N–H and O–H groups in total. The molecule has 1 aromatic heterocycles. The predicted molar refractivity (Wildman–Crippen MR) is 62.6 cm³/mol. The van der Waals surface area contributed by atoms with E-state index in [1.165, 1.54) is 0 Å². The maximum absolute atomic E-state index is 8.76. The molecule has 2 heterocycles. The molecule has 90 valence electrons. The topological polar surface area (TPSA) is 55.1 Å². The van der Waals surface area contributed by atoms with Crippen LogP contribution in [-0.2, 0) is 4.74 Å². The second-order valence-corrected chi connectivity index (χ2v) is 4.44. The fourth-order valence-corrected chi connectivity index (χ4v) is 2.15. The maximum Gasteiger partial charge on any atom is 0.214 e. The zero-order valence-electron chi connectivity index (χ0n) is 10.1. The van der Waals surface area contributed by atoms with E-state index in [4.69, 9.17) is 14.7 Å². The van der Waals surface area contributed by atoms with Crippen molar-refractivity contribution in [3.63, 3.8) is 0 Å². The Hall–Kier alpha value is -1.60. The lowest BCUT2D eigenvalue weighted by molar-refractivity contribution is -0.0729. The minimum absolute atomic E-state index is 0.121. The Morgan fingerprint density at radius 3 is 2.71 bits per heavy atom. The Kier molecular flexibility index (Phi) is 3.60. The summed E-state index contributed by atoms with van der Waals surface area (Å²) in [7, 11) is 0. The Morgan fingerprint density at radius 1 is 1.35 bits per heavy atom. The van der Waals surface area contributed by atoms with Crippen molar-refractivity contribution in [2.45, 2.75) is 45.0 Å². The second-order valence-electron chi connectivity index (χ2n) is 4.44. The minimum atomic E-state index is 0.121. The molecule has 1 aromatic rings. The summed E-state index contributed by atoms with van der Waals surface area (Å²) in [5, 5.41) is 8.76. The minimum Gasteiger partial charge on any atom is -0.474 e. The zero-order chi connectivity index (χ0) is 12.3. The lowest BCUT2D eigenvalue weighted by Crippen LogP contribution is -2.35. The van der Waals surface area contributed by atoms with Gasteiger partial charge in [-0.2, -0.15) is 5.26 Å². The first-order chi connectivity index (χ1) is 8.17. The van der Waals surface area contributed by atoms with Crippen molar-refractivity contribution in [2.24, 2.45) is 0 Å². The normalized spacial score (nSPS) is 28.4. The molecule has 0 radical (unpaired) electrons. The Bertz CT molecular complexity index is 418. The molecule has 1 aliphatic rings. The molecule has 0 saturated carbocycles. The van der Waals surface area contributed by atoms with Gasteiger partial charge in [0, 0.05) is 18.9 Å². The highest BCUT2D eigenvalue weighted by atomic mass is 16.5. The van der Waals surface area contributed by atoms with Crippen molar-refractivity contribution in [3.05, 3.63) is 23.9 Å². The van der Waals surface area contributed by atoms with Gasteiger partial charge in [-0.3, -0.25) is 0 Å². The predicted octanol–water partition coefficient (Wildman–Crippen LogP) is 2.29. The van der Waals surface area contributed by atoms with E-state index in [1.807, 2.05) is 19.9 Å². The van der Waals surface area contributed by atoms with Gasteiger partial charge in [-0.15, -0.1) is 0 Å². The zero-order valence-corrected chi connectivity index (χ0v) is 10.1. The van der Waals surface area contributed by atoms with Gasteiger partial charge in [0.2, 0.25) is 5.88 Å². The van der Waals surface area contributed by atoms with Crippen molar-refractivity contribution in [3.8, 4) is 11.9 Å². The molecule has 2 rings (SSSR count). The number of ether oxygens (including phenoxy) is 2. The van der Waals surface area contributed by atoms with E-state index in [2.05, 4.69) is 4.98 Å². The highest BCUT2D eigenvalue weighted by Crippen LogP contribution is 2.23. The molecule has 1 aliphatic heterocycles. The van der Waals surface area contributed by atoms with E-state index in [9.17, 15) is 0 Å². The summed E-state index contributed by atoms with van der Waals surface area (Å²) >= 11 is 0. The molecule has 0 spiro atoms. The first-order valence-electron chi connectivity index (χ1n) is 5.86. The molecule has 0 aromatic carbocycles. The fourth-order valence-electron chi connectivity index (χ4n) is 2.15. The lowest BCUT2D eigenvalue weighted by atomic mass is 10.0. The van der Waals surface area contributed by atoms with Gasteiger partial charge in [-0.1, -0.05) is 6.07 Å². The first-order valence-corrected chi connectivity index (χ1v) is 5.86. The van der Waals surface area contributed by atoms with Crippen LogP contribution in [0.5, 0.6) is 5.88 Å². The van der Waals surface area contributed by atoms with E-state index < -0.39 is 0 Å². The number of hydrogen-bond donors (Lipinski definition) is 0. The van der Waals surface area contributed by atoms with E-state index >= 15 is 0 Å². The molecule has 1 fully saturated rings. The van der Waals surface area contributed by atoms with E-state index in [1.54, 1.807) is 18.2 Å². The largest absolute Gasteiger partial charge is 0.474 e. The number of nitrogens with zero attached hydrogens (tertiary/aromatic N) is 2. The Morgan fingerprint density at radius 2 is 2.06 bits per heavy atom. The average Bonchev–Trinajstić information content (AvgIpc) is 2.28. The van der Waals surface area contributed by atoms with Gasteiger partial charge < -0.3 is 9.47 Å². The fraction of sp³-hybridized carbons (Fsp3) is 0.538. The van der Waals surface area contributed by atoms with Crippen LogP contribution in [0.3, 0.4) is 0 Å². The van der Waals surface area contributed by atoms with Crippen molar-refractivity contribution in [2.75, 3.05) is 0 Å². The molecule has 0 bridgehead atoms. The van der Waals surface area contributed by atoms with Crippen LogP contribution >= 0.6 is 0 Å². The molecule has 0 aliphatic carbocycles. The van der Waals surface area contributed by atoms with Crippen molar-refractivity contribution in [1.82, 2.24) is 4.98 Å². The molecule has 4 heteroatoms. The maximum atomic E-state index is 8.76. The third-order valence-electron chi connectivity index (χ3n) is 2.78. The third kappa shape index (κ3) is 3.18. The van der Waals surface area contributed by atoms with Crippen LogP contribution in [0.15, 0.2) is 18.2 Å². The number of pyridine rings is 1. The second kappa shape index (κ2) is 5.15. The number of hydrogen-bond acceptors (Lipinski definition) is 4. The van der Waals surface area contributed by atoms with Crippen LogP contribution in [0.2, 0.25) is 0 Å². The summed E-state index contributed by atoms with van der Waals surface area (Å²) in [6, 6.07) is 7.24. The van der Waals surface area contributed by atoms with Crippen molar-refractivity contribution >= 4 is 0 Å². The van der Waals surface area contributed by atoms with E-state index in [-0.39, 0.29) is 18.3 Å². The molecular formula is C13H16N2O2. The SMILES string of the molecule is CC1CC(Oc2cccc(C#N)n2)CC(C)O1. The van der Waals surface area contributed by atoms with Gasteiger partial charge in [0.05, 0.1) is 12.2 Å². The summed E-state index contributed by atoms with van der Waals surface area (Å²) in [5.74, 6) is 0.523. The molecular weight excluding hydrogens is 216 g/mol. The average molecular weight is 232 g/mol. The Balaban J connectivity index is 2.02. The van der Waals surface area contributed by atoms with Crippen LogP contribution in [0.4, 0.5) is 0 Å². The van der Waals surface area contributed by atoms with Gasteiger partial charge in [0.15, 0.2) is 0 Å². The monoisotopic (exact) mass is 232 g/mol. The van der Waals surface area contributed by atoms with Gasteiger partial charge in [0.1, 0.15) is 17.9 Å². The third-order valence-corrected chi connectivity index (χ3v) is 2.78. The number of aromatic nitrogens is 1. The van der Waals surface area contributed by atoms with Gasteiger partial charge >= 0.3 is 0 Å². The highest BCUT2D eigenvalue weighted by molar-refractivity contribution is 5.24. The van der Waals surface area contributed by atoms with Gasteiger partial charge in [-0.25, -0.2) is 4.98 Å². The summed E-state index contributed by atoms with van der Waals surface area (Å²) in [6.45, 7) is 4.09.